The molecule has 2 saturated heterocycles. The van der Waals surface area contributed by atoms with Crippen molar-refractivity contribution >= 4 is 0 Å². The Morgan fingerprint density at radius 3 is 2.10 bits per heavy atom. The van der Waals surface area contributed by atoms with Gasteiger partial charge in [0.2, 0.25) is 0 Å². The number of piperidine rings is 1. The maximum absolute atomic E-state index is 13.1. The third-order valence-electron chi connectivity index (χ3n) is 4.59. The van der Waals surface area contributed by atoms with Gasteiger partial charge in [0.25, 0.3) is 0 Å². The van der Waals surface area contributed by atoms with Gasteiger partial charge in [-0.1, -0.05) is 0 Å². The molecule has 2 aliphatic heterocycles. The van der Waals surface area contributed by atoms with Crippen LogP contribution in [0.3, 0.4) is 0 Å². The van der Waals surface area contributed by atoms with E-state index in [-0.39, 0.29) is 0 Å². The highest BCUT2D eigenvalue weighted by Gasteiger charge is 2.46. The van der Waals surface area contributed by atoms with E-state index in [0.29, 0.717) is 19.0 Å². The predicted octanol–water partition coefficient (Wildman–Crippen LogP) is 2.07. The minimum Gasteiger partial charge on any atom is -0.326 e. The molecular formula is C14H26F3N3. The topological polar surface area (TPSA) is 32.5 Å². The number of rotatable bonds is 4. The molecule has 2 heterocycles. The van der Waals surface area contributed by atoms with Gasteiger partial charge in [0.05, 0.1) is 0 Å². The van der Waals surface area contributed by atoms with E-state index in [4.69, 9.17) is 5.73 Å². The van der Waals surface area contributed by atoms with E-state index < -0.39 is 18.3 Å². The van der Waals surface area contributed by atoms with Crippen LogP contribution in [0.25, 0.3) is 0 Å². The van der Waals surface area contributed by atoms with E-state index in [9.17, 15) is 13.2 Å². The molecule has 0 saturated carbocycles. The van der Waals surface area contributed by atoms with E-state index in [2.05, 4.69) is 4.90 Å². The lowest BCUT2D eigenvalue weighted by atomic mass is 9.94. The summed E-state index contributed by atoms with van der Waals surface area (Å²) in [7, 11) is 0. The number of nitrogens with two attached hydrogens (primary N) is 1. The SMILES string of the molecule is CC(N)C(N1CCC(CN2CCCC2)CC1)C(F)(F)F. The van der Waals surface area contributed by atoms with E-state index >= 15 is 0 Å². The third-order valence-corrected chi connectivity index (χ3v) is 4.59. The lowest BCUT2D eigenvalue weighted by Crippen LogP contribution is -2.57. The van der Waals surface area contributed by atoms with Crippen molar-refractivity contribution in [2.45, 2.75) is 50.9 Å². The third kappa shape index (κ3) is 4.09. The summed E-state index contributed by atoms with van der Waals surface area (Å²) in [6, 6.07) is -2.36. The molecule has 0 aromatic carbocycles. The van der Waals surface area contributed by atoms with E-state index in [1.54, 1.807) is 0 Å². The summed E-state index contributed by atoms with van der Waals surface area (Å²) in [5.74, 6) is 0.548. The maximum Gasteiger partial charge on any atom is 0.405 e. The highest BCUT2D eigenvalue weighted by Crippen LogP contribution is 2.30. The Kier molecular flexibility index (Phi) is 5.31. The predicted molar refractivity (Wildman–Crippen MR) is 73.5 cm³/mol. The van der Waals surface area contributed by atoms with Crippen molar-refractivity contribution in [2.75, 3.05) is 32.7 Å². The molecule has 20 heavy (non-hydrogen) atoms. The van der Waals surface area contributed by atoms with Gasteiger partial charge in [0, 0.05) is 12.6 Å². The Bertz CT molecular complexity index is 293. The molecule has 2 aliphatic rings. The fourth-order valence-electron chi connectivity index (χ4n) is 3.58. The van der Waals surface area contributed by atoms with E-state index in [0.717, 1.165) is 32.5 Å². The Morgan fingerprint density at radius 2 is 1.65 bits per heavy atom. The molecule has 0 amide bonds. The highest BCUT2D eigenvalue weighted by atomic mass is 19.4. The molecule has 2 unspecified atom stereocenters. The van der Waals surface area contributed by atoms with Crippen LogP contribution in [0.2, 0.25) is 0 Å². The number of nitrogens with zero attached hydrogens (tertiary/aromatic N) is 2. The Morgan fingerprint density at radius 1 is 1.10 bits per heavy atom. The number of hydrogen-bond donors (Lipinski definition) is 1. The van der Waals surface area contributed by atoms with Crippen LogP contribution in [0.5, 0.6) is 0 Å². The zero-order valence-corrected chi connectivity index (χ0v) is 12.2. The van der Waals surface area contributed by atoms with Crippen LogP contribution in [-0.2, 0) is 0 Å². The fraction of sp³-hybridized carbons (Fsp3) is 1.00. The molecule has 2 rings (SSSR count). The van der Waals surface area contributed by atoms with Crippen molar-refractivity contribution in [2.24, 2.45) is 11.7 Å². The Labute approximate surface area is 119 Å². The van der Waals surface area contributed by atoms with Crippen molar-refractivity contribution in [3.05, 3.63) is 0 Å². The zero-order chi connectivity index (χ0) is 14.8. The lowest BCUT2D eigenvalue weighted by Gasteiger charge is -2.40. The molecular weight excluding hydrogens is 267 g/mol. The van der Waals surface area contributed by atoms with Gasteiger partial charge in [-0.3, -0.25) is 4.90 Å². The van der Waals surface area contributed by atoms with Gasteiger partial charge in [-0.25, -0.2) is 0 Å². The first-order valence-electron chi connectivity index (χ1n) is 7.66. The smallest absolute Gasteiger partial charge is 0.326 e. The maximum atomic E-state index is 13.1. The van der Waals surface area contributed by atoms with Gasteiger partial charge in [-0.15, -0.1) is 0 Å². The van der Waals surface area contributed by atoms with Gasteiger partial charge < -0.3 is 10.6 Å². The van der Waals surface area contributed by atoms with Crippen LogP contribution in [0, 0.1) is 5.92 Å². The molecule has 2 atom stereocenters. The van der Waals surface area contributed by atoms with E-state index in [1.165, 1.54) is 24.7 Å². The number of likely N-dealkylation sites (tertiary alicyclic amines) is 2. The van der Waals surface area contributed by atoms with Crippen LogP contribution in [0.4, 0.5) is 13.2 Å². The minimum atomic E-state index is -4.23. The Hall–Kier alpha value is -0.330. The van der Waals surface area contributed by atoms with Crippen molar-refractivity contribution in [1.29, 1.82) is 0 Å². The van der Waals surface area contributed by atoms with Crippen molar-refractivity contribution in [1.82, 2.24) is 9.80 Å². The molecule has 0 bridgehead atoms. The minimum absolute atomic E-state index is 0.518. The van der Waals surface area contributed by atoms with Crippen LogP contribution >= 0.6 is 0 Å². The molecule has 0 spiro atoms. The quantitative estimate of drug-likeness (QED) is 0.861. The standard InChI is InChI=1S/C14H26F3N3/c1-11(18)13(14(15,16)17)20-8-4-12(5-9-20)10-19-6-2-3-7-19/h11-13H,2-10,18H2,1H3. The summed E-state index contributed by atoms with van der Waals surface area (Å²) in [6.07, 6.45) is 0.0148. The molecule has 2 fully saturated rings. The molecule has 0 aromatic rings. The number of halogens is 3. The average molecular weight is 293 g/mol. The molecule has 0 radical (unpaired) electrons. The van der Waals surface area contributed by atoms with Crippen molar-refractivity contribution in [3.63, 3.8) is 0 Å². The largest absolute Gasteiger partial charge is 0.405 e. The first-order chi connectivity index (χ1) is 9.38. The summed E-state index contributed by atoms with van der Waals surface area (Å²) in [5, 5.41) is 0. The summed E-state index contributed by atoms with van der Waals surface area (Å²) in [4.78, 5) is 3.98. The molecule has 3 nitrogen and oxygen atoms in total. The summed E-state index contributed by atoms with van der Waals surface area (Å²) < 4.78 is 39.2. The monoisotopic (exact) mass is 293 g/mol. The van der Waals surface area contributed by atoms with Gasteiger partial charge in [0.1, 0.15) is 6.04 Å². The van der Waals surface area contributed by atoms with Crippen molar-refractivity contribution < 1.29 is 13.2 Å². The first-order valence-corrected chi connectivity index (χ1v) is 7.66. The van der Waals surface area contributed by atoms with Crippen LogP contribution in [0.15, 0.2) is 0 Å². The van der Waals surface area contributed by atoms with Gasteiger partial charge >= 0.3 is 6.18 Å². The molecule has 2 N–H and O–H groups in total. The van der Waals surface area contributed by atoms with Gasteiger partial charge in [0.15, 0.2) is 0 Å². The summed E-state index contributed by atoms with van der Waals surface area (Å²) in [5.41, 5.74) is 5.55. The van der Waals surface area contributed by atoms with Gasteiger partial charge in [-0.05, 0) is 64.7 Å². The zero-order valence-electron chi connectivity index (χ0n) is 12.2. The molecule has 0 aromatic heterocycles. The number of alkyl halides is 3. The first kappa shape index (κ1) is 16.0. The number of hydrogen-bond acceptors (Lipinski definition) is 3. The highest BCUT2D eigenvalue weighted by molar-refractivity contribution is 4.89. The summed E-state index contributed by atoms with van der Waals surface area (Å²) in [6.45, 7) is 5.86. The second-order valence-corrected chi connectivity index (χ2v) is 6.33. The lowest BCUT2D eigenvalue weighted by molar-refractivity contribution is -0.191. The van der Waals surface area contributed by atoms with Crippen LogP contribution < -0.4 is 5.73 Å². The molecule has 6 heteroatoms. The summed E-state index contributed by atoms with van der Waals surface area (Å²) >= 11 is 0. The Balaban J connectivity index is 1.83. The van der Waals surface area contributed by atoms with Crippen molar-refractivity contribution in [3.8, 4) is 0 Å². The van der Waals surface area contributed by atoms with E-state index in [1.807, 2.05) is 0 Å². The fourth-order valence-corrected chi connectivity index (χ4v) is 3.58. The van der Waals surface area contributed by atoms with Gasteiger partial charge in [-0.2, -0.15) is 13.2 Å². The normalized spacial score (nSPS) is 26.9. The molecule has 118 valence electrons. The van der Waals surface area contributed by atoms with Crippen LogP contribution in [-0.4, -0.2) is 60.8 Å². The second-order valence-electron chi connectivity index (χ2n) is 6.33. The second kappa shape index (κ2) is 6.62. The van der Waals surface area contributed by atoms with Crippen LogP contribution in [0.1, 0.15) is 32.6 Å². The molecule has 0 aliphatic carbocycles. The average Bonchev–Trinajstić information content (AvgIpc) is 2.82.